The maximum Gasteiger partial charge on any atom is 0.311 e. The van der Waals surface area contributed by atoms with E-state index >= 15 is 0 Å². The Morgan fingerprint density at radius 1 is 1.50 bits per heavy atom. The molecule has 2 atom stereocenters. The van der Waals surface area contributed by atoms with Gasteiger partial charge in [-0.15, -0.1) is 0 Å². The van der Waals surface area contributed by atoms with Crippen molar-refractivity contribution < 1.29 is 14.6 Å². The van der Waals surface area contributed by atoms with Gasteiger partial charge in [0.25, 0.3) is 0 Å². The van der Waals surface area contributed by atoms with Crippen molar-refractivity contribution in [2.45, 2.75) is 52.1 Å². The molecule has 1 saturated carbocycles. The third-order valence-corrected chi connectivity index (χ3v) is 3.72. The molecule has 1 N–H and O–H groups in total. The first-order valence-corrected chi connectivity index (χ1v) is 6.18. The first kappa shape index (κ1) is 13.5. The van der Waals surface area contributed by atoms with Crippen LogP contribution < -0.4 is 0 Å². The van der Waals surface area contributed by atoms with E-state index in [2.05, 4.69) is 0 Å². The highest BCUT2D eigenvalue weighted by molar-refractivity contribution is 5.74. The van der Waals surface area contributed by atoms with Gasteiger partial charge < -0.3 is 9.84 Å². The first-order chi connectivity index (χ1) is 7.38. The lowest BCUT2D eigenvalue weighted by Gasteiger charge is -2.38. The predicted octanol–water partition coefficient (Wildman–Crippen LogP) is 2.37. The average molecular weight is 228 g/mol. The molecule has 1 aliphatic rings. The van der Waals surface area contributed by atoms with Gasteiger partial charge in [-0.1, -0.05) is 33.1 Å². The fourth-order valence-corrected chi connectivity index (χ4v) is 2.78. The number of methoxy groups -OCH3 is 1. The SMILES string of the molecule is COC(=O)C(C(C)C)C(C)(O)CC1CCC1. The smallest absolute Gasteiger partial charge is 0.311 e. The van der Waals surface area contributed by atoms with Gasteiger partial charge in [-0.2, -0.15) is 0 Å². The molecule has 1 rings (SSSR count). The molecule has 0 bridgehead atoms. The molecule has 0 amide bonds. The maximum atomic E-state index is 11.7. The monoisotopic (exact) mass is 228 g/mol. The van der Waals surface area contributed by atoms with E-state index in [0.717, 1.165) is 0 Å². The van der Waals surface area contributed by atoms with Crippen LogP contribution in [0.2, 0.25) is 0 Å². The van der Waals surface area contributed by atoms with Gasteiger partial charge in [0.05, 0.1) is 18.6 Å². The van der Waals surface area contributed by atoms with Crippen molar-refractivity contribution in [3.8, 4) is 0 Å². The van der Waals surface area contributed by atoms with Crippen molar-refractivity contribution in [1.29, 1.82) is 0 Å². The van der Waals surface area contributed by atoms with Crippen molar-refractivity contribution in [3.05, 3.63) is 0 Å². The van der Waals surface area contributed by atoms with Crippen LogP contribution in [0.25, 0.3) is 0 Å². The summed E-state index contributed by atoms with van der Waals surface area (Å²) in [5.74, 6) is -0.0270. The molecule has 3 heteroatoms. The molecule has 0 radical (unpaired) electrons. The van der Waals surface area contributed by atoms with Crippen LogP contribution in [0.1, 0.15) is 46.5 Å². The van der Waals surface area contributed by atoms with Gasteiger partial charge in [-0.25, -0.2) is 0 Å². The van der Waals surface area contributed by atoms with E-state index in [0.29, 0.717) is 12.3 Å². The minimum absolute atomic E-state index is 0.0996. The largest absolute Gasteiger partial charge is 0.469 e. The third-order valence-electron chi connectivity index (χ3n) is 3.72. The highest BCUT2D eigenvalue weighted by Gasteiger charge is 2.42. The normalized spacial score (nSPS) is 22.4. The second-order valence-electron chi connectivity index (χ2n) is 5.60. The maximum absolute atomic E-state index is 11.7. The Morgan fingerprint density at radius 3 is 2.38 bits per heavy atom. The molecule has 16 heavy (non-hydrogen) atoms. The lowest BCUT2D eigenvalue weighted by Crippen LogP contribution is -2.45. The van der Waals surface area contributed by atoms with Gasteiger partial charge >= 0.3 is 5.97 Å². The van der Waals surface area contributed by atoms with Crippen LogP contribution in [-0.2, 0) is 9.53 Å². The zero-order chi connectivity index (χ0) is 12.3. The van der Waals surface area contributed by atoms with Crippen LogP contribution in [0, 0.1) is 17.8 Å². The third kappa shape index (κ3) is 2.97. The fraction of sp³-hybridized carbons (Fsp3) is 0.923. The van der Waals surface area contributed by atoms with Crippen LogP contribution in [-0.4, -0.2) is 23.8 Å². The van der Waals surface area contributed by atoms with Gasteiger partial charge in [0.1, 0.15) is 0 Å². The van der Waals surface area contributed by atoms with Gasteiger partial charge in [0.2, 0.25) is 0 Å². The van der Waals surface area contributed by atoms with Crippen molar-refractivity contribution in [2.75, 3.05) is 7.11 Å². The second kappa shape index (κ2) is 5.17. The minimum atomic E-state index is -0.938. The summed E-state index contributed by atoms with van der Waals surface area (Å²) in [7, 11) is 1.39. The average Bonchev–Trinajstić information content (AvgIpc) is 2.10. The second-order valence-corrected chi connectivity index (χ2v) is 5.60. The number of aliphatic hydroxyl groups is 1. The topological polar surface area (TPSA) is 46.5 Å². The van der Waals surface area contributed by atoms with E-state index in [1.807, 2.05) is 13.8 Å². The molecule has 1 fully saturated rings. The molecule has 0 heterocycles. The van der Waals surface area contributed by atoms with Gasteiger partial charge in [0, 0.05) is 0 Å². The van der Waals surface area contributed by atoms with Crippen molar-refractivity contribution in [1.82, 2.24) is 0 Å². The summed E-state index contributed by atoms with van der Waals surface area (Å²) >= 11 is 0. The van der Waals surface area contributed by atoms with Gasteiger partial charge in [-0.05, 0) is 25.2 Å². The molecule has 0 spiro atoms. The zero-order valence-corrected chi connectivity index (χ0v) is 10.8. The lowest BCUT2D eigenvalue weighted by atomic mass is 9.71. The molecular formula is C13H24O3. The molecule has 1 aliphatic carbocycles. The number of hydrogen-bond donors (Lipinski definition) is 1. The number of rotatable bonds is 5. The Hall–Kier alpha value is -0.570. The number of carbonyl (C=O) groups is 1. The van der Waals surface area contributed by atoms with E-state index in [4.69, 9.17) is 4.74 Å². The van der Waals surface area contributed by atoms with Crippen molar-refractivity contribution in [2.24, 2.45) is 17.8 Å². The Morgan fingerprint density at radius 2 is 2.06 bits per heavy atom. The van der Waals surface area contributed by atoms with Crippen LogP contribution in [0.4, 0.5) is 0 Å². The standard InChI is InChI=1S/C13H24O3/c1-9(2)11(12(14)16-4)13(3,15)8-10-6-5-7-10/h9-11,15H,5-8H2,1-4H3. The quantitative estimate of drug-likeness (QED) is 0.735. The van der Waals surface area contributed by atoms with E-state index in [1.54, 1.807) is 6.92 Å². The summed E-state index contributed by atoms with van der Waals surface area (Å²) in [5, 5.41) is 10.5. The Labute approximate surface area is 98.2 Å². The lowest BCUT2D eigenvalue weighted by molar-refractivity contribution is -0.160. The first-order valence-electron chi connectivity index (χ1n) is 6.18. The van der Waals surface area contributed by atoms with Gasteiger partial charge in [0.15, 0.2) is 0 Å². The number of carbonyl (C=O) groups excluding carboxylic acids is 1. The van der Waals surface area contributed by atoms with E-state index in [-0.39, 0.29) is 11.9 Å². The summed E-state index contributed by atoms with van der Waals surface area (Å²) in [5.41, 5.74) is -0.938. The van der Waals surface area contributed by atoms with Crippen LogP contribution in [0.5, 0.6) is 0 Å². The molecule has 94 valence electrons. The highest BCUT2D eigenvalue weighted by Crippen LogP contribution is 2.38. The Kier molecular flexibility index (Phi) is 4.36. The predicted molar refractivity (Wildman–Crippen MR) is 62.9 cm³/mol. The van der Waals surface area contributed by atoms with Crippen LogP contribution in [0.15, 0.2) is 0 Å². The summed E-state index contributed by atoms with van der Waals surface area (Å²) in [6.07, 6.45) is 4.33. The molecule has 3 nitrogen and oxygen atoms in total. The molecule has 0 aromatic heterocycles. The molecule has 2 unspecified atom stereocenters. The number of esters is 1. The van der Waals surface area contributed by atoms with Crippen LogP contribution >= 0.6 is 0 Å². The Balaban J connectivity index is 2.69. The summed E-state index contributed by atoms with van der Waals surface area (Å²) < 4.78 is 4.79. The molecule has 0 aromatic carbocycles. The van der Waals surface area contributed by atoms with Crippen LogP contribution in [0.3, 0.4) is 0 Å². The molecule has 0 aliphatic heterocycles. The van der Waals surface area contributed by atoms with Crippen molar-refractivity contribution >= 4 is 5.97 Å². The number of hydrogen-bond acceptors (Lipinski definition) is 3. The minimum Gasteiger partial charge on any atom is -0.469 e. The van der Waals surface area contributed by atoms with E-state index in [9.17, 15) is 9.90 Å². The summed E-state index contributed by atoms with van der Waals surface area (Å²) in [6, 6.07) is 0. The number of ether oxygens (including phenoxy) is 1. The molecular weight excluding hydrogens is 204 g/mol. The van der Waals surface area contributed by atoms with E-state index in [1.165, 1.54) is 26.4 Å². The van der Waals surface area contributed by atoms with E-state index < -0.39 is 11.5 Å². The fourth-order valence-electron chi connectivity index (χ4n) is 2.78. The molecule has 0 aromatic rings. The Bertz CT molecular complexity index is 242. The van der Waals surface area contributed by atoms with Crippen molar-refractivity contribution in [3.63, 3.8) is 0 Å². The highest BCUT2D eigenvalue weighted by atomic mass is 16.5. The zero-order valence-electron chi connectivity index (χ0n) is 10.8. The summed E-state index contributed by atoms with van der Waals surface area (Å²) in [6.45, 7) is 5.68. The van der Waals surface area contributed by atoms with Gasteiger partial charge in [-0.3, -0.25) is 4.79 Å². The molecule has 0 saturated heterocycles. The summed E-state index contributed by atoms with van der Waals surface area (Å²) in [4.78, 5) is 11.7.